The van der Waals surface area contributed by atoms with Crippen LogP contribution in [0.1, 0.15) is 5.56 Å². The summed E-state index contributed by atoms with van der Waals surface area (Å²) in [6.07, 6.45) is -0.526. The Morgan fingerprint density at radius 1 is 1.47 bits per heavy atom. The van der Waals surface area contributed by atoms with Crippen molar-refractivity contribution in [3.05, 3.63) is 35.6 Å². The molecule has 0 saturated heterocycles. The lowest BCUT2D eigenvalue weighted by Crippen LogP contribution is -2.36. The molecule has 80 valence electrons. The van der Waals surface area contributed by atoms with Crippen LogP contribution in [-0.2, 0) is 11.2 Å². The Hall–Kier alpha value is -1.91. The van der Waals surface area contributed by atoms with E-state index in [1.807, 2.05) is 5.32 Å². The third kappa shape index (κ3) is 3.76. The van der Waals surface area contributed by atoms with Crippen LogP contribution < -0.4 is 5.32 Å². The molecule has 15 heavy (non-hydrogen) atoms. The molecule has 0 saturated carbocycles. The van der Waals surface area contributed by atoms with Crippen molar-refractivity contribution in [3.63, 3.8) is 0 Å². The minimum Gasteiger partial charge on any atom is -0.465 e. The quantitative estimate of drug-likeness (QED) is 0.735. The van der Waals surface area contributed by atoms with Gasteiger partial charge in [-0.2, -0.15) is 0 Å². The molecule has 2 N–H and O–H groups in total. The van der Waals surface area contributed by atoms with Gasteiger partial charge in [0.15, 0.2) is 0 Å². The van der Waals surface area contributed by atoms with Crippen LogP contribution in [0.5, 0.6) is 0 Å². The van der Waals surface area contributed by atoms with E-state index >= 15 is 0 Å². The summed E-state index contributed by atoms with van der Waals surface area (Å²) >= 11 is 0. The lowest BCUT2D eigenvalue weighted by molar-refractivity contribution is -0.109. The Bertz CT molecular complexity index is 350. The summed E-state index contributed by atoms with van der Waals surface area (Å²) < 4.78 is 12.5. The molecule has 0 unspecified atom stereocenters. The van der Waals surface area contributed by atoms with Crippen molar-refractivity contribution < 1.29 is 19.1 Å². The highest BCUT2D eigenvalue weighted by molar-refractivity contribution is 5.71. The minimum absolute atomic E-state index is 0.218. The third-order valence-corrected chi connectivity index (χ3v) is 1.84. The van der Waals surface area contributed by atoms with E-state index in [-0.39, 0.29) is 12.2 Å². The van der Waals surface area contributed by atoms with E-state index in [0.29, 0.717) is 11.8 Å². The number of hydrogen-bond acceptors (Lipinski definition) is 2. The predicted octanol–water partition coefficient (Wildman–Crippen LogP) is 1.20. The van der Waals surface area contributed by atoms with Crippen molar-refractivity contribution in [1.29, 1.82) is 0 Å². The van der Waals surface area contributed by atoms with Gasteiger partial charge in [-0.15, -0.1) is 0 Å². The summed E-state index contributed by atoms with van der Waals surface area (Å²) in [7, 11) is 0. The van der Waals surface area contributed by atoms with Gasteiger partial charge in [0.25, 0.3) is 0 Å². The fourth-order valence-electron chi connectivity index (χ4n) is 1.17. The maximum atomic E-state index is 12.5. The molecular weight excluding hydrogens is 201 g/mol. The maximum absolute atomic E-state index is 12.5. The Morgan fingerprint density at radius 3 is 2.53 bits per heavy atom. The predicted molar refractivity (Wildman–Crippen MR) is 51.1 cm³/mol. The lowest BCUT2D eigenvalue weighted by atomic mass is 10.1. The molecule has 1 rings (SSSR count). The average Bonchev–Trinajstić information content (AvgIpc) is 2.19. The highest BCUT2D eigenvalue weighted by Gasteiger charge is 2.10. The number of halogens is 1. The number of amides is 1. The van der Waals surface area contributed by atoms with Crippen LogP contribution in [0.15, 0.2) is 24.3 Å². The minimum atomic E-state index is -1.26. The summed E-state index contributed by atoms with van der Waals surface area (Å²) in [6, 6.07) is 4.74. The number of carbonyl (C=O) groups excluding carboxylic acids is 1. The van der Waals surface area contributed by atoms with Crippen molar-refractivity contribution in [2.45, 2.75) is 12.5 Å². The lowest BCUT2D eigenvalue weighted by Gasteiger charge is -2.09. The number of nitrogens with one attached hydrogen (secondary N) is 1. The molecule has 0 radical (unpaired) electrons. The van der Waals surface area contributed by atoms with E-state index in [0.717, 1.165) is 0 Å². The summed E-state index contributed by atoms with van der Waals surface area (Å²) in [5, 5.41) is 10.5. The Kier molecular flexibility index (Phi) is 3.79. The molecule has 0 aliphatic heterocycles. The van der Waals surface area contributed by atoms with Gasteiger partial charge in [0, 0.05) is 0 Å². The van der Waals surface area contributed by atoms with Gasteiger partial charge in [0.2, 0.25) is 0 Å². The van der Waals surface area contributed by atoms with Crippen molar-refractivity contribution in [3.8, 4) is 0 Å². The first kappa shape index (κ1) is 11.2. The van der Waals surface area contributed by atoms with E-state index in [1.54, 1.807) is 0 Å². The molecule has 0 aliphatic carbocycles. The van der Waals surface area contributed by atoms with Gasteiger partial charge in [0.1, 0.15) is 12.1 Å². The van der Waals surface area contributed by atoms with Gasteiger partial charge in [-0.3, -0.25) is 0 Å². The maximum Gasteiger partial charge on any atom is 0.405 e. The molecule has 1 aromatic carbocycles. The van der Waals surface area contributed by atoms with E-state index in [2.05, 4.69) is 0 Å². The molecule has 0 heterocycles. The summed E-state index contributed by atoms with van der Waals surface area (Å²) in [5.41, 5.74) is 0.697. The zero-order valence-corrected chi connectivity index (χ0v) is 7.81. The van der Waals surface area contributed by atoms with E-state index in [1.165, 1.54) is 24.3 Å². The fourth-order valence-corrected chi connectivity index (χ4v) is 1.17. The van der Waals surface area contributed by atoms with Crippen molar-refractivity contribution in [2.24, 2.45) is 0 Å². The fraction of sp³-hybridized carbons (Fsp3) is 0.200. The highest BCUT2D eigenvalue weighted by atomic mass is 19.1. The number of carbonyl (C=O) groups is 2. The van der Waals surface area contributed by atoms with Crippen LogP contribution in [0.2, 0.25) is 0 Å². The van der Waals surface area contributed by atoms with Crippen molar-refractivity contribution in [2.75, 3.05) is 0 Å². The van der Waals surface area contributed by atoms with Gasteiger partial charge >= 0.3 is 6.09 Å². The number of benzene rings is 1. The van der Waals surface area contributed by atoms with E-state index in [4.69, 9.17) is 5.11 Å². The van der Waals surface area contributed by atoms with E-state index < -0.39 is 12.1 Å². The Morgan fingerprint density at radius 2 is 2.07 bits per heavy atom. The van der Waals surface area contributed by atoms with Crippen molar-refractivity contribution in [1.82, 2.24) is 5.32 Å². The van der Waals surface area contributed by atoms with Crippen LogP contribution >= 0.6 is 0 Å². The molecule has 4 nitrogen and oxygen atoms in total. The SMILES string of the molecule is O=C[C@@H](Cc1ccc(F)cc1)NC(=O)O. The molecule has 5 heteroatoms. The average molecular weight is 211 g/mol. The summed E-state index contributed by atoms with van der Waals surface area (Å²) in [6.45, 7) is 0. The Balaban J connectivity index is 2.62. The molecule has 1 atom stereocenters. The second kappa shape index (κ2) is 5.09. The standard InChI is InChI=1S/C10H10FNO3/c11-8-3-1-7(2-4-8)5-9(6-13)12-10(14)15/h1-4,6,9,12H,5H2,(H,14,15)/t9-/m1/s1. The van der Waals surface area contributed by atoms with Crippen LogP contribution in [0.25, 0.3) is 0 Å². The number of carboxylic acid groups (broad SMARTS) is 1. The van der Waals surface area contributed by atoms with Gasteiger partial charge in [-0.1, -0.05) is 12.1 Å². The van der Waals surface area contributed by atoms with Crippen LogP contribution in [0, 0.1) is 5.82 Å². The number of aldehydes is 1. The van der Waals surface area contributed by atoms with Gasteiger partial charge < -0.3 is 15.2 Å². The number of rotatable bonds is 4. The molecule has 0 aromatic heterocycles. The monoisotopic (exact) mass is 211 g/mol. The molecule has 0 aliphatic rings. The highest BCUT2D eigenvalue weighted by Crippen LogP contribution is 2.05. The Labute approximate surface area is 85.7 Å². The summed E-state index contributed by atoms with van der Waals surface area (Å²) in [4.78, 5) is 20.8. The summed E-state index contributed by atoms with van der Waals surface area (Å²) in [5.74, 6) is -0.368. The van der Waals surface area contributed by atoms with Crippen LogP contribution in [0.4, 0.5) is 9.18 Å². The molecule has 1 amide bonds. The van der Waals surface area contributed by atoms with Gasteiger partial charge in [-0.25, -0.2) is 9.18 Å². The molecule has 0 spiro atoms. The normalized spacial score (nSPS) is 11.8. The molecule has 1 aromatic rings. The molecule has 0 bridgehead atoms. The first-order valence-corrected chi connectivity index (χ1v) is 4.31. The molecule has 0 fully saturated rings. The largest absolute Gasteiger partial charge is 0.465 e. The smallest absolute Gasteiger partial charge is 0.405 e. The molecular formula is C10H10FNO3. The first-order chi connectivity index (χ1) is 7.11. The second-order valence-electron chi connectivity index (χ2n) is 3.02. The topological polar surface area (TPSA) is 66.4 Å². The van der Waals surface area contributed by atoms with Gasteiger partial charge in [-0.05, 0) is 24.1 Å². The zero-order chi connectivity index (χ0) is 11.3. The van der Waals surface area contributed by atoms with Crippen molar-refractivity contribution >= 4 is 12.4 Å². The van der Waals surface area contributed by atoms with Gasteiger partial charge in [0.05, 0.1) is 6.04 Å². The number of hydrogen-bond donors (Lipinski definition) is 2. The van der Waals surface area contributed by atoms with E-state index in [9.17, 15) is 14.0 Å². The van der Waals surface area contributed by atoms with Crippen LogP contribution in [0.3, 0.4) is 0 Å². The third-order valence-electron chi connectivity index (χ3n) is 1.84. The zero-order valence-electron chi connectivity index (χ0n) is 7.81. The second-order valence-corrected chi connectivity index (χ2v) is 3.02. The van der Waals surface area contributed by atoms with Crippen LogP contribution in [-0.4, -0.2) is 23.5 Å². The first-order valence-electron chi connectivity index (χ1n) is 4.31.